The van der Waals surface area contributed by atoms with Crippen molar-refractivity contribution in [3.63, 3.8) is 0 Å². The second-order valence-corrected chi connectivity index (χ2v) is 6.78. The molecule has 2 heterocycles. The summed E-state index contributed by atoms with van der Waals surface area (Å²) in [7, 11) is 1.97. The van der Waals surface area contributed by atoms with Gasteiger partial charge in [0.1, 0.15) is 0 Å². The first kappa shape index (κ1) is 15.8. The summed E-state index contributed by atoms with van der Waals surface area (Å²) in [6, 6.07) is 14.9. The van der Waals surface area contributed by atoms with E-state index in [9.17, 15) is 0 Å². The quantitative estimate of drug-likeness (QED) is 0.729. The van der Waals surface area contributed by atoms with Crippen molar-refractivity contribution in [1.82, 2.24) is 9.78 Å². The predicted octanol–water partition coefficient (Wildman–Crippen LogP) is 3.44. The van der Waals surface area contributed by atoms with Crippen LogP contribution in [0, 0.1) is 6.92 Å². The van der Waals surface area contributed by atoms with E-state index in [1.807, 2.05) is 30.1 Å². The van der Waals surface area contributed by atoms with Gasteiger partial charge in [-0.25, -0.2) is 0 Å². The molecule has 0 aliphatic heterocycles. The Balaban J connectivity index is 1.76. The Labute approximate surface area is 141 Å². The van der Waals surface area contributed by atoms with E-state index in [0.717, 1.165) is 17.1 Å². The van der Waals surface area contributed by atoms with Gasteiger partial charge in [-0.1, -0.05) is 30.3 Å². The zero-order valence-corrected chi connectivity index (χ0v) is 14.3. The summed E-state index contributed by atoms with van der Waals surface area (Å²) in [5.74, 6) is 0. The standard InChI is InChI=1S/C18H22N4S/c1-13-10-17(23-18(13)16-8-9-20-22(16)2)21-15(12-19)11-14-6-4-3-5-7-14/h3-10,15,21H,11-12,19H2,1-2H3. The van der Waals surface area contributed by atoms with Gasteiger partial charge < -0.3 is 11.1 Å². The molecule has 1 unspecified atom stereocenters. The monoisotopic (exact) mass is 326 g/mol. The third kappa shape index (κ3) is 3.63. The van der Waals surface area contributed by atoms with Crippen LogP contribution >= 0.6 is 11.3 Å². The molecule has 2 aromatic heterocycles. The van der Waals surface area contributed by atoms with Crippen LogP contribution in [0.25, 0.3) is 10.6 Å². The lowest BCUT2D eigenvalue weighted by molar-refractivity contribution is 0.726. The zero-order chi connectivity index (χ0) is 16.2. The average molecular weight is 326 g/mol. The fourth-order valence-electron chi connectivity index (χ4n) is 2.70. The first-order valence-corrected chi connectivity index (χ1v) is 8.58. The number of aromatic nitrogens is 2. The van der Waals surface area contributed by atoms with Crippen molar-refractivity contribution < 1.29 is 0 Å². The third-order valence-corrected chi connectivity index (χ3v) is 5.12. The Hall–Kier alpha value is -2.11. The number of thiophene rings is 1. The minimum absolute atomic E-state index is 0.231. The maximum Gasteiger partial charge on any atom is 0.0894 e. The summed E-state index contributed by atoms with van der Waals surface area (Å²) in [5.41, 5.74) is 9.67. The van der Waals surface area contributed by atoms with Crippen LogP contribution in [0.1, 0.15) is 11.1 Å². The van der Waals surface area contributed by atoms with Crippen LogP contribution in [0.2, 0.25) is 0 Å². The third-order valence-electron chi connectivity index (χ3n) is 3.93. The second-order valence-electron chi connectivity index (χ2n) is 5.73. The van der Waals surface area contributed by atoms with Crippen LogP contribution in [-0.2, 0) is 13.5 Å². The molecular formula is C18H22N4S. The Bertz CT molecular complexity index is 760. The number of aryl methyl sites for hydroxylation is 2. The lowest BCUT2D eigenvalue weighted by atomic mass is 10.1. The summed E-state index contributed by atoms with van der Waals surface area (Å²) < 4.78 is 1.91. The van der Waals surface area contributed by atoms with Crippen LogP contribution in [-0.4, -0.2) is 22.4 Å². The zero-order valence-electron chi connectivity index (χ0n) is 13.5. The summed E-state index contributed by atoms with van der Waals surface area (Å²) in [6.07, 6.45) is 2.76. The van der Waals surface area contributed by atoms with Crippen LogP contribution in [0.4, 0.5) is 5.00 Å². The molecule has 3 N–H and O–H groups in total. The Morgan fingerprint density at radius 2 is 2.04 bits per heavy atom. The van der Waals surface area contributed by atoms with E-state index >= 15 is 0 Å². The van der Waals surface area contributed by atoms with Gasteiger partial charge in [-0.15, -0.1) is 11.3 Å². The Morgan fingerprint density at radius 1 is 1.26 bits per heavy atom. The number of hydrogen-bond acceptors (Lipinski definition) is 4. The SMILES string of the molecule is Cc1cc(NC(CN)Cc2ccccc2)sc1-c1ccnn1C. The molecule has 4 nitrogen and oxygen atoms in total. The number of hydrogen-bond donors (Lipinski definition) is 2. The van der Waals surface area contributed by atoms with Gasteiger partial charge in [0, 0.05) is 25.8 Å². The highest BCUT2D eigenvalue weighted by Gasteiger charge is 2.14. The maximum atomic E-state index is 5.96. The summed E-state index contributed by atoms with van der Waals surface area (Å²) >= 11 is 1.76. The lowest BCUT2D eigenvalue weighted by Gasteiger charge is -2.16. The highest BCUT2D eigenvalue weighted by molar-refractivity contribution is 7.19. The van der Waals surface area contributed by atoms with E-state index in [1.54, 1.807) is 11.3 Å². The van der Waals surface area contributed by atoms with Crippen LogP contribution < -0.4 is 11.1 Å². The second kappa shape index (κ2) is 6.98. The first-order valence-electron chi connectivity index (χ1n) is 7.76. The summed E-state index contributed by atoms with van der Waals surface area (Å²) in [4.78, 5) is 1.25. The summed E-state index contributed by atoms with van der Waals surface area (Å²) in [5, 5.41) is 9.00. The van der Waals surface area contributed by atoms with Crippen molar-refractivity contribution in [2.75, 3.05) is 11.9 Å². The molecule has 0 aliphatic rings. The minimum Gasteiger partial charge on any atom is -0.373 e. The van der Waals surface area contributed by atoms with Gasteiger partial charge >= 0.3 is 0 Å². The molecule has 0 saturated heterocycles. The van der Waals surface area contributed by atoms with Gasteiger partial charge in [-0.3, -0.25) is 4.68 Å². The molecule has 120 valence electrons. The number of nitrogens with zero attached hydrogens (tertiary/aromatic N) is 2. The first-order chi connectivity index (χ1) is 11.2. The fraction of sp³-hybridized carbons (Fsp3) is 0.278. The van der Waals surface area contributed by atoms with Crippen LogP contribution in [0.3, 0.4) is 0 Å². The fourth-order valence-corrected chi connectivity index (χ4v) is 3.90. The van der Waals surface area contributed by atoms with Gasteiger partial charge in [-0.05, 0) is 36.6 Å². The van der Waals surface area contributed by atoms with Gasteiger partial charge in [0.2, 0.25) is 0 Å². The molecule has 0 amide bonds. The largest absolute Gasteiger partial charge is 0.373 e. The molecule has 0 bridgehead atoms. The van der Waals surface area contributed by atoms with Crippen molar-refractivity contribution in [2.24, 2.45) is 12.8 Å². The minimum atomic E-state index is 0.231. The average Bonchev–Trinajstić information content (AvgIpc) is 3.13. The highest BCUT2D eigenvalue weighted by Crippen LogP contribution is 2.35. The molecule has 1 aromatic carbocycles. The molecule has 0 saturated carbocycles. The van der Waals surface area contributed by atoms with Gasteiger partial charge in [0.15, 0.2) is 0 Å². The Morgan fingerprint density at radius 3 is 2.70 bits per heavy atom. The van der Waals surface area contributed by atoms with Gasteiger partial charge in [-0.2, -0.15) is 5.10 Å². The Kier molecular flexibility index (Phi) is 4.79. The van der Waals surface area contributed by atoms with Crippen molar-refractivity contribution in [3.05, 3.63) is 59.8 Å². The van der Waals surface area contributed by atoms with E-state index in [0.29, 0.717) is 6.54 Å². The summed E-state index contributed by atoms with van der Waals surface area (Å²) in [6.45, 7) is 2.74. The molecule has 23 heavy (non-hydrogen) atoms. The number of nitrogens with two attached hydrogens (primary N) is 1. The molecular weight excluding hydrogens is 304 g/mol. The van der Waals surface area contributed by atoms with Crippen molar-refractivity contribution in [2.45, 2.75) is 19.4 Å². The molecule has 5 heteroatoms. The number of benzene rings is 1. The van der Waals surface area contributed by atoms with Crippen molar-refractivity contribution >= 4 is 16.3 Å². The molecule has 3 aromatic rings. The van der Waals surface area contributed by atoms with E-state index in [-0.39, 0.29) is 6.04 Å². The molecule has 3 rings (SSSR count). The van der Waals surface area contributed by atoms with E-state index in [2.05, 4.69) is 47.7 Å². The normalized spacial score (nSPS) is 12.3. The van der Waals surface area contributed by atoms with Crippen LogP contribution in [0.5, 0.6) is 0 Å². The highest BCUT2D eigenvalue weighted by atomic mass is 32.1. The van der Waals surface area contributed by atoms with Crippen molar-refractivity contribution in [1.29, 1.82) is 0 Å². The molecule has 0 spiro atoms. The number of rotatable bonds is 6. The smallest absolute Gasteiger partial charge is 0.0894 e. The number of nitrogens with one attached hydrogen (secondary N) is 1. The molecule has 0 radical (unpaired) electrons. The topological polar surface area (TPSA) is 55.9 Å². The molecule has 0 fully saturated rings. The number of anilines is 1. The van der Waals surface area contributed by atoms with Gasteiger partial charge in [0.05, 0.1) is 15.6 Å². The lowest BCUT2D eigenvalue weighted by Crippen LogP contribution is -2.30. The van der Waals surface area contributed by atoms with E-state index in [1.165, 1.54) is 16.0 Å². The van der Waals surface area contributed by atoms with E-state index in [4.69, 9.17) is 5.73 Å². The molecule has 0 aliphatic carbocycles. The predicted molar refractivity (Wildman–Crippen MR) is 97.9 cm³/mol. The van der Waals surface area contributed by atoms with Crippen molar-refractivity contribution in [3.8, 4) is 10.6 Å². The maximum absolute atomic E-state index is 5.96. The van der Waals surface area contributed by atoms with Gasteiger partial charge in [0.25, 0.3) is 0 Å². The van der Waals surface area contributed by atoms with Crippen LogP contribution in [0.15, 0.2) is 48.7 Å². The van der Waals surface area contributed by atoms with E-state index < -0.39 is 0 Å². The molecule has 1 atom stereocenters.